The van der Waals surface area contributed by atoms with Crippen LogP contribution in [0.4, 0.5) is 0 Å². The van der Waals surface area contributed by atoms with Gasteiger partial charge in [-0.15, -0.1) is 0 Å². The number of carbonyl (C=O) groups excluding carboxylic acids is 3. The summed E-state index contributed by atoms with van der Waals surface area (Å²) in [5.41, 5.74) is 1.56. The van der Waals surface area contributed by atoms with E-state index in [1.165, 1.54) is 11.8 Å². The highest BCUT2D eigenvalue weighted by Gasteiger charge is 2.39. The molecule has 0 saturated carbocycles. The summed E-state index contributed by atoms with van der Waals surface area (Å²) in [6.45, 7) is 0. The molecule has 0 bridgehead atoms. The molecule has 29 heavy (non-hydrogen) atoms. The van der Waals surface area contributed by atoms with Gasteiger partial charge in [-0.05, 0) is 24.3 Å². The maximum atomic E-state index is 12.9. The van der Waals surface area contributed by atoms with Gasteiger partial charge in [0.1, 0.15) is 15.8 Å². The Hall–Kier alpha value is -3.03. The van der Waals surface area contributed by atoms with Gasteiger partial charge in [0.25, 0.3) is 5.91 Å². The SMILES string of the molecule is O=C1NC(=S)S/C1=C\c1ccc(-c2ccc3c(c2)C(=O)C2C=CC=CC2C3=O)o1. The quantitative estimate of drug-likeness (QED) is 0.582. The number of amides is 1. The Morgan fingerprint density at radius 2 is 1.69 bits per heavy atom. The topological polar surface area (TPSA) is 76.4 Å². The van der Waals surface area contributed by atoms with Gasteiger partial charge in [-0.2, -0.15) is 0 Å². The number of Topliss-reactive ketones (excluding diaryl/α,β-unsaturated/α-hetero) is 2. The monoisotopic (exact) mass is 419 g/mol. The maximum absolute atomic E-state index is 12.9. The maximum Gasteiger partial charge on any atom is 0.263 e. The molecule has 0 radical (unpaired) electrons. The molecule has 142 valence electrons. The van der Waals surface area contributed by atoms with E-state index in [2.05, 4.69) is 5.32 Å². The van der Waals surface area contributed by atoms with Crippen molar-refractivity contribution in [1.82, 2.24) is 5.32 Å². The number of thioether (sulfide) groups is 1. The Bertz CT molecular complexity index is 1200. The molecule has 5 rings (SSSR count). The molecule has 1 N–H and O–H groups in total. The summed E-state index contributed by atoms with van der Waals surface area (Å²) < 4.78 is 6.25. The molecule has 5 nitrogen and oxygen atoms in total. The van der Waals surface area contributed by atoms with Crippen molar-refractivity contribution in [3.8, 4) is 11.3 Å². The number of hydrogen-bond acceptors (Lipinski definition) is 6. The van der Waals surface area contributed by atoms with Crippen molar-refractivity contribution in [3.63, 3.8) is 0 Å². The molecule has 2 atom stereocenters. The van der Waals surface area contributed by atoms with Crippen molar-refractivity contribution in [3.05, 3.63) is 76.4 Å². The van der Waals surface area contributed by atoms with E-state index in [1.807, 2.05) is 0 Å². The van der Waals surface area contributed by atoms with E-state index in [1.54, 1.807) is 60.7 Å². The number of furan rings is 1. The molecule has 1 fully saturated rings. The van der Waals surface area contributed by atoms with E-state index in [4.69, 9.17) is 16.6 Å². The molecule has 0 spiro atoms. The fourth-order valence-corrected chi connectivity index (χ4v) is 4.74. The van der Waals surface area contributed by atoms with Crippen molar-refractivity contribution in [2.45, 2.75) is 0 Å². The Labute approximate surface area is 175 Å². The smallest absolute Gasteiger partial charge is 0.263 e. The summed E-state index contributed by atoms with van der Waals surface area (Å²) >= 11 is 6.16. The van der Waals surface area contributed by atoms with E-state index in [9.17, 15) is 14.4 Å². The highest BCUT2D eigenvalue weighted by Crippen LogP contribution is 2.36. The zero-order valence-corrected chi connectivity index (χ0v) is 16.5. The average molecular weight is 419 g/mol. The molecule has 1 amide bonds. The lowest BCUT2D eigenvalue weighted by molar-refractivity contribution is -0.115. The third kappa shape index (κ3) is 3.03. The van der Waals surface area contributed by atoms with Gasteiger partial charge in [0.05, 0.1) is 16.7 Å². The molecule has 2 aliphatic carbocycles. The third-order valence-electron chi connectivity index (χ3n) is 5.12. The van der Waals surface area contributed by atoms with Gasteiger partial charge < -0.3 is 9.73 Å². The van der Waals surface area contributed by atoms with Gasteiger partial charge in [-0.3, -0.25) is 14.4 Å². The average Bonchev–Trinajstić information content (AvgIpc) is 3.32. The van der Waals surface area contributed by atoms with E-state index in [0.29, 0.717) is 37.4 Å². The summed E-state index contributed by atoms with van der Waals surface area (Å²) in [6, 6.07) is 8.68. The minimum atomic E-state index is -0.450. The summed E-state index contributed by atoms with van der Waals surface area (Å²) in [6.07, 6.45) is 8.81. The zero-order chi connectivity index (χ0) is 20.1. The number of allylic oxidation sites excluding steroid dienone is 4. The van der Waals surface area contributed by atoms with Crippen molar-refractivity contribution < 1.29 is 18.8 Å². The molecular weight excluding hydrogens is 406 g/mol. The number of nitrogens with one attached hydrogen (secondary N) is 1. The predicted octanol–water partition coefficient (Wildman–Crippen LogP) is 4.17. The number of hydrogen-bond donors (Lipinski definition) is 1. The molecule has 1 aromatic carbocycles. The number of fused-ring (bicyclic) bond motifs is 2. The fraction of sp³-hybridized carbons (Fsp3) is 0.0909. The molecule has 1 aromatic heterocycles. The normalized spacial score (nSPS) is 24.1. The lowest BCUT2D eigenvalue weighted by Gasteiger charge is -2.28. The standard InChI is InChI=1S/C22H13NO4S2/c24-19-13-3-1-2-4-14(13)20(25)16-9-11(5-7-15(16)19)17-8-6-12(27-17)10-18-21(26)23-22(28)29-18/h1-10,13-14H,(H,23,26,28)/b18-10-. The van der Waals surface area contributed by atoms with Gasteiger partial charge in [0.2, 0.25) is 0 Å². The van der Waals surface area contributed by atoms with Gasteiger partial charge >= 0.3 is 0 Å². The van der Waals surface area contributed by atoms with Crippen LogP contribution in [0.15, 0.2) is 64.0 Å². The third-order valence-corrected chi connectivity index (χ3v) is 6.28. The number of carbonyl (C=O) groups is 3. The van der Waals surface area contributed by atoms with Crippen LogP contribution in [0.2, 0.25) is 0 Å². The van der Waals surface area contributed by atoms with Crippen LogP contribution in [0.25, 0.3) is 17.4 Å². The van der Waals surface area contributed by atoms with Gasteiger partial charge in [-0.1, -0.05) is 54.4 Å². The van der Waals surface area contributed by atoms with Crippen molar-refractivity contribution in [1.29, 1.82) is 0 Å². The van der Waals surface area contributed by atoms with Crippen LogP contribution in [0.3, 0.4) is 0 Å². The second-order valence-corrected chi connectivity index (χ2v) is 8.58. The van der Waals surface area contributed by atoms with Crippen molar-refractivity contribution >= 4 is 51.8 Å². The van der Waals surface area contributed by atoms with Crippen molar-refractivity contribution in [2.24, 2.45) is 11.8 Å². The minimum absolute atomic E-state index is 0.0399. The second kappa shape index (κ2) is 6.79. The van der Waals surface area contributed by atoms with Crippen LogP contribution in [0.1, 0.15) is 26.5 Å². The summed E-state index contributed by atoms with van der Waals surface area (Å²) in [4.78, 5) is 38.0. The second-order valence-electron chi connectivity index (χ2n) is 6.86. The number of thiocarbonyl (C=S) groups is 1. The Kier molecular flexibility index (Phi) is 4.22. The minimum Gasteiger partial charge on any atom is -0.457 e. The van der Waals surface area contributed by atoms with Crippen LogP contribution in [0.5, 0.6) is 0 Å². The molecule has 2 heterocycles. The van der Waals surface area contributed by atoms with Crippen LogP contribution in [0, 0.1) is 11.8 Å². The first-order valence-electron chi connectivity index (χ1n) is 8.94. The molecule has 7 heteroatoms. The van der Waals surface area contributed by atoms with E-state index < -0.39 is 11.8 Å². The molecule has 3 aliphatic rings. The highest BCUT2D eigenvalue weighted by atomic mass is 32.2. The first-order chi connectivity index (χ1) is 14.0. The van der Waals surface area contributed by atoms with E-state index >= 15 is 0 Å². The molecule has 2 unspecified atom stereocenters. The summed E-state index contributed by atoms with van der Waals surface area (Å²) in [5, 5.41) is 2.56. The van der Waals surface area contributed by atoms with Crippen LogP contribution in [-0.2, 0) is 4.79 Å². The predicted molar refractivity (Wildman–Crippen MR) is 114 cm³/mol. The Morgan fingerprint density at radius 3 is 2.38 bits per heavy atom. The molecular formula is C22H13NO4S2. The Morgan fingerprint density at radius 1 is 0.966 bits per heavy atom. The molecule has 2 aromatic rings. The van der Waals surface area contributed by atoms with Gasteiger partial charge in [-0.25, -0.2) is 0 Å². The zero-order valence-electron chi connectivity index (χ0n) is 14.9. The Balaban J connectivity index is 1.49. The largest absolute Gasteiger partial charge is 0.457 e. The molecule has 1 aliphatic heterocycles. The van der Waals surface area contributed by atoms with Crippen molar-refractivity contribution in [2.75, 3.05) is 0 Å². The lowest BCUT2D eigenvalue weighted by Crippen LogP contribution is -2.35. The number of rotatable bonds is 2. The molecule has 1 saturated heterocycles. The number of ketones is 2. The van der Waals surface area contributed by atoms with E-state index in [0.717, 1.165) is 0 Å². The van der Waals surface area contributed by atoms with E-state index in [-0.39, 0.29) is 17.5 Å². The van der Waals surface area contributed by atoms with Crippen LogP contribution >= 0.6 is 24.0 Å². The van der Waals surface area contributed by atoms with Gasteiger partial charge in [0, 0.05) is 22.8 Å². The first-order valence-corrected chi connectivity index (χ1v) is 10.2. The lowest BCUT2D eigenvalue weighted by atomic mass is 9.72. The summed E-state index contributed by atoms with van der Waals surface area (Å²) in [7, 11) is 0. The fourth-order valence-electron chi connectivity index (χ4n) is 3.72. The summed E-state index contributed by atoms with van der Waals surface area (Å²) in [5.74, 6) is -0.173. The van der Waals surface area contributed by atoms with Gasteiger partial charge in [0.15, 0.2) is 11.6 Å². The highest BCUT2D eigenvalue weighted by molar-refractivity contribution is 8.26. The number of benzene rings is 1. The van der Waals surface area contributed by atoms with Crippen LogP contribution < -0.4 is 5.32 Å². The first kappa shape index (κ1) is 18.0. The van der Waals surface area contributed by atoms with Crippen LogP contribution in [-0.4, -0.2) is 21.8 Å².